The monoisotopic (exact) mass is 268 g/mol. The highest BCUT2D eigenvalue weighted by atomic mass is 16.5. The van der Waals surface area contributed by atoms with Crippen molar-refractivity contribution in [1.29, 1.82) is 0 Å². The lowest BCUT2D eigenvalue weighted by molar-refractivity contribution is -0.182. The van der Waals surface area contributed by atoms with Gasteiger partial charge in [-0.05, 0) is 17.9 Å². The van der Waals surface area contributed by atoms with Crippen LogP contribution in [-0.4, -0.2) is 61.3 Å². The minimum atomic E-state index is 0.201. The summed E-state index contributed by atoms with van der Waals surface area (Å²) < 4.78 is 6.33. The van der Waals surface area contributed by atoms with Gasteiger partial charge in [-0.1, -0.05) is 41.5 Å². The molecule has 2 aliphatic rings. The molecule has 0 aliphatic carbocycles. The van der Waals surface area contributed by atoms with Crippen LogP contribution in [0.3, 0.4) is 0 Å². The van der Waals surface area contributed by atoms with Gasteiger partial charge in [-0.2, -0.15) is 0 Å². The normalized spacial score (nSPS) is 35.2. The minimum absolute atomic E-state index is 0.201. The predicted octanol–water partition coefficient (Wildman–Crippen LogP) is 2.46. The maximum Gasteiger partial charge on any atom is 0.0784 e. The third-order valence-electron chi connectivity index (χ3n) is 4.58. The van der Waals surface area contributed by atoms with E-state index >= 15 is 0 Å². The van der Waals surface area contributed by atoms with Crippen molar-refractivity contribution >= 4 is 0 Å². The first kappa shape index (κ1) is 15.3. The second kappa shape index (κ2) is 5.01. The highest BCUT2D eigenvalue weighted by Gasteiger charge is 2.49. The lowest BCUT2D eigenvalue weighted by Crippen LogP contribution is -2.68. The molecule has 0 saturated carbocycles. The van der Waals surface area contributed by atoms with Crippen molar-refractivity contribution in [1.82, 2.24) is 9.80 Å². The molecule has 2 rings (SSSR count). The van der Waals surface area contributed by atoms with Gasteiger partial charge in [-0.25, -0.2) is 0 Å². The van der Waals surface area contributed by atoms with Crippen LogP contribution in [0.15, 0.2) is 0 Å². The van der Waals surface area contributed by atoms with E-state index in [1.165, 1.54) is 13.1 Å². The van der Waals surface area contributed by atoms with Crippen molar-refractivity contribution in [3.8, 4) is 0 Å². The highest BCUT2D eigenvalue weighted by molar-refractivity contribution is 5.01. The van der Waals surface area contributed by atoms with Gasteiger partial charge in [-0.15, -0.1) is 0 Å². The van der Waals surface area contributed by atoms with Crippen molar-refractivity contribution < 1.29 is 4.74 Å². The molecule has 112 valence electrons. The van der Waals surface area contributed by atoms with Crippen LogP contribution in [0.5, 0.6) is 0 Å². The maximum atomic E-state index is 6.33. The van der Waals surface area contributed by atoms with Crippen LogP contribution in [0.1, 0.15) is 41.5 Å². The topological polar surface area (TPSA) is 15.7 Å². The number of nitrogens with zero attached hydrogens (tertiary/aromatic N) is 2. The number of rotatable bonds is 0. The number of hydrogen-bond acceptors (Lipinski definition) is 3. The van der Waals surface area contributed by atoms with E-state index in [0.717, 1.165) is 13.2 Å². The third-order valence-corrected chi connectivity index (χ3v) is 4.58. The summed E-state index contributed by atoms with van der Waals surface area (Å²) in [7, 11) is 2.22. The summed E-state index contributed by atoms with van der Waals surface area (Å²) in [5, 5.41) is 0. The molecule has 0 radical (unpaired) electrons. The fourth-order valence-electron chi connectivity index (χ4n) is 3.69. The Hall–Kier alpha value is -0.120. The van der Waals surface area contributed by atoms with Gasteiger partial charge in [0.1, 0.15) is 0 Å². The summed E-state index contributed by atoms with van der Waals surface area (Å²) in [6, 6.07) is 1.08. The second-order valence-corrected chi connectivity index (χ2v) is 8.58. The number of likely N-dealkylation sites (N-methyl/N-ethyl adjacent to an activating group) is 1. The van der Waals surface area contributed by atoms with Crippen LogP contribution < -0.4 is 0 Å². The molecule has 2 fully saturated rings. The van der Waals surface area contributed by atoms with Crippen molar-refractivity contribution in [2.75, 3.05) is 33.3 Å². The van der Waals surface area contributed by atoms with Crippen molar-refractivity contribution in [2.45, 2.75) is 59.7 Å². The molecule has 0 amide bonds. The molecule has 2 saturated heterocycles. The summed E-state index contributed by atoms with van der Waals surface area (Å²) in [5.74, 6) is 0. The fraction of sp³-hybridized carbons (Fsp3) is 1.00. The third kappa shape index (κ3) is 3.14. The summed E-state index contributed by atoms with van der Waals surface area (Å²) >= 11 is 0. The molecule has 3 heteroatoms. The molecule has 19 heavy (non-hydrogen) atoms. The molecule has 0 aromatic rings. The molecule has 0 aromatic heterocycles. The molecule has 0 N–H and O–H groups in total. The van der Waals surface area contributed by atoms with E-state index in [2.05, 4.69) is 58.4 Å². The molecular formula is C16H32N2O. The largest absolute Gasteiger partial charge is 0.374 e. The van der Waals surface area contributed by atoms with Gasteiger partial charge in [0, 0.05) is 31.7 Å². The predicted molar refractivity (Wildman–Crippen MR) is 80.4 cm³/mol. The van der Waals surface area contributed by atoms with Gasteiger partial charge in [-0.3, -0.25) is 4.90 Å². The van der Waals surface area contributed by atoms with Gasteiger partial charge in [0.25, 0.3) is 0 Å². The van der Waals surface area contributed by atoms with Crippen LogP contribution in [0, 0.1) is 10.8 Å². The summed E-state index contributed by atoms with van der Waals surface area (Å²) in [5.41, 5.74) is 0.457. The van der Waals surface area contributed by atoms with Gasteiger partial charge in [0.15, 0.2) is 0 Å². The molecule has 0 spiro atoms. The smallest absolute Gasteiger partial charge is 0.0784 e. The Bertz CT molecular complexity index is 316. The van der Waals surface area contributed by atoms with Gasteiger partial charge < -0.3 is 9.64 Å². The zero-order valence-electron chi connectivity index (χ0n) is 13.9. The Kier molecular flexibility index (Phi) is 4.03. The molecule has 0 bridgehead atoms. The van der Waals surface area contributed by atoms with Gasteiger partial charge in [0.05, 0.1) is 12.7 Å². The Morgan fingerprint density at radius 3 is 2.11 bits per heavy atom. The van der Waals surface area contributed by atoms with Gasteiger partial charge >= 0.3 is 0 Å². The molecule has 3 nitrogen and oxygen atoms in total. The van der Waals surface area contributed by atoms with E-state index in [0.29, 0.717) is 18.2 Å². The Morgan fingerprint density at radius 2 is 1.58 bits per heavy atom. The standard InChI is InChI=1S/C16H32N2O/c1-15(2,3)13-14(16(4,5)6)19-11-12-10-17(7)8-9-18(12)13/h12-14H,8-11H2,1-7H3. The Labute approximate surface area is 119 Å². The first-order valence-corrected chi connectivity index (χ1v) is 7.66. The maximum absolute atomic E-state index is 6.33. The van der Waals surface area contributed by atoms with E-state index in [1.807, 2.05) is 0 Å². The molecule has 2 heterocycles. The first-order chi connectivity index (χ1) is 8.60. The first-order valence-electron chi connectivity index (χ1n) is 7.66. The molecule has 0 aromatic carbocycles. The van der Waals surface area contributed by atoms with E-state index in [9.17, 15) is 0 Å². The summed E-state index contributed by atoms with van der Waals surface area (Å²) in [6.45, 7) is 18.4. The average Bonchev–Trinajstić information content (AvgIpc) is 2.24. The van der Waals surface area contributed by atoms with E-state index in [-0.39, 0.29) is 10.8 Å². The van der Waals surface area contributed by atoms with Crippen molar-refractivity contribution in [3.63, 3.8) is 0 Å². The van der Waals surface area contributed by atoms with Crippen LogP contribution >= 0.6 is 0 Å². The van der Waals surface area contributed by atoms with Crippen LogP contribution in [0.25, 0.3) is 0 Å². The zero-order valence-corrected chi connectivity index (χ0v) is 13.9. The molecule has 3 atom stereocenters. The van der Waals surface area contributed by atoms with Crippen molar-refractivity contribution in [2.24, 2.45) is 10.8 Å². The number of fused-ring (bicyclic) bond motifs is 1. The Balaban J connectivity index is 2.27. The van der Waals surface area contributed by atoms with E-state index in [1.54, 1.807) is 0 Å². The molecule has 2 aliphatic heterocycles. The lowest BCUT2D eigenvalue weighted by Gasteiger charge is -2.57. The van der Waals surface area contributed by atoms with Gasteiger partial charge in [0.2, 0.25) is 0 Å². The molecule has 3 unspecified atom stereocenters. The number of ether oxygens (including phenoxy) is 1. The van der Waals surface area contributed by atoms with Crippen LogP contribution in [-0.2, 0) is 4.74 Å². The second-order valence-electron chi connectivity index (χ2n) is 8.58. The van der Waals surface area contributed by atoms with Crippen LogP contribution in [0.2, 0.25) is 0 Å². The van der Waals surface area contributed by atoms with Crippen LogP contribution in [0.4, 0.5) is 0 Å². The number of piperazine rings is 1. The van der Waals surface area contributed by atoms with E-state index in [4.69, 9.17) is 4.74 Å². The fourth-order valence-corrected chi connectivity index (χ4v) is 3.69. The Morgan fingerprint density at radius 1 is 0.947 bits per heavy atom. The summed E-state index contributed by atoms with van der Waals surface area (Å²) in [6.07, 6.45) is 0.326. The van der Waals surface area contributed by atoms with Crippen molar-refractivity contribution in [3.05, 3.63) is 0 Å². The average molecular weight is 268 g/mol. The number of morpholine rings is 1. The molecular weight excluding hydrogens is 236 g/mol. The number of hydrogen-bond donors (Lipinski definition) is 0. The lowest BCUT2D eigenvalue weighted by atomic mass is 9.72. The quantitative estimate of drug-likeness (QED) is 0.671. The summed E-state index contributed by atoms with van der Waals surface area (Å²) in [4.78, 5) is 5.17. The minimum Gasteiger partial charge on any atom is -0.374 e. The highest BCUT2D eigenvalue weighted by Crippen LogP contribution is 2.40. The van der Waals surface area contributed by atoms with E-state index < -0.39 is 0 Å². The SMILES string of the molecule is CN1CCN2C(COC(C(C)(C)C)C2C(C)(C)C)C1. The zero-order chi connectivity index (χ0) is 14.4.